The number of fused-ring (bicyclic) bond motifs is 8. The summed E-state index contributed by atoms with van der Waals surface area (Å²) in [5.74, 6) is 2.28. The van der Waals surface area contributed by atoms with Crippen LogP contribution < -0.4 is 5.46 Å². The number of benzene rings is 3. The molecule has 2 aliphatic heterocycles. The highest BCUT2D eigenvalue weighted by molar-refractivity contribution is 6.79. The van der Waals surface area contributed by atoms with Gasteiger partial charge in [-0.1, -0.05) is 60.6 Å². The van der Waals surface area contributed by atoms with Crippen molar-refractivity contribution in [3.63, 3.8) is 0 Å². The van der Waals surface area contributed by atoms with Crippen LogP contribution in [0.5, 0.6) is 0 Å². The Labute approximate surface area is 130 Å². The van der Waals surface area contributed by atoms with Gasteiger partial charge in [-0.05, 0) is 57.1 Å². The van der Waals surface area contributed by atoms with Gasteiger partial charge >= 0.3 is 6.85 Å². The molecule has 0 spiro atoms. The molecule has 3 aromatic carbocycles. The topological polar surface area (TPSA) is 3.24 Å². The number of allylic oxidation sites excluding steroid dienone is 2. The first-order valence-electron chi connectivity index (χ1n) is 7.67. The van der Waals surface area contributed by atoms with E-state index in [1.165, 1.54) is 32.6 Å². The molecule has 1 nitrogen and oxygen atoms in total. The molecule has 0 saturated heterocycles. The van der Waals surface area contributed by atoms with Crippen LogP contribution in [0.2, 0.25) is 0 Å². The van der Waals surface area contributed by atoms with Gasteiger partial charge in [0.25, 0.3) is 0 Å². The lowest BCUT2D eigenvalue weighted by Gasteiger charge is -2.31. The van der Waals surface area contributed by atoms with Gasteiger partial charge in [-0.3, -0.25) is 0 Å². The van der Waals surface area contributed by atoms with Crippen molar-refractivity contribution in [2.75, 3.05) is 0 Å². The Morgan fingerprint density at radius 3 is 2.18 bits per heavy atom. The van der Waals surface area contributed by atoms with Crippen LogP contribution in [0.3, 0.4) is 0 Å². The van der Waals surface area contributed by atoms with Crippen molar-refractivity contribution in [3.8, 4) is 0 Å². The largest absolute Gasteiger partial charge is 0.389 e. The van der Waals surface area contributed by atoms with Gasteiger partial charge < -0.3 is 4.81 Å². The fourth-order valence-electron chi connectivity index (χ4n) is 3.75. The number of hydrogen-bond acceptors (Lipinski definition) is 1. The second kappa shape index (κ2) is 4.38. The predicted molar refractivity (Wildman–Crippen MR) is 96.0 cm³/mol. The van der Waals surface area contributed by atoms with E-state index < -0.39 is 0 Å². The van der Waals surface area contributed by atoms with Crippen molar-refractivity contribution >= 4 is 39.9 Å². The van der Waals surface area contributed by atoms with Crippen molar-refractivity contribution in [1.82, 2.24) is 4.81 Å². The maximum atomic E-state index is 2.28. The van der Waals surface area contributed by atoms with Crippen molar-refractivity contribution in [2.45, 2.75) is 0 Å². The lowest BCUT2D eigenvalue weighted by molar-refractivity contribution is 0.798. The Morgan fingerprint density at radius 2 is 1.36 bits per heavy atom. The zero-order valence-corrected chi connectivity index (χ0v) is 12.1. The highest BCUT2D eigenvalue weighted by atomic mass is 15.0. The van der Waals surface area contributed by atoms with E-state index in [2.05, 4.69) is 89.9 Å². The first-order valence-corrected chi connectivity index (χ1v) is 7.67. The molecule has 0 unspecified atom stereocenters. The quantitative estimate of drug-likeness (QED) is 0.442. The van der Waals surface area contributed by atoms with Gasteiger partial charge in [0.2, 0.25) is 0 Å². The molecule has 0 saturated carbocycles. The van der Waals surface area contributed by atoms with Crippen molar-refractivity contribution < 1.29 is 0 Å². The summed E-state index contributed by atoms with van der Waals surface area (Å²) in [6.07, 6.45) is 10.8. The molecule has 2 heteroatoms. The Morgan fingerprint density at radius 1 is 0.682 bits per heavy atom. The third-order valence-corrected chi connectivity index (χ3v) is 4.71. The maximum absolute atomic E-state index is 2.28. The van der Waals surface area contributed by atoms with Gasteiger partial charge in [0, 0.05) is 0 Å². The van der Waals surface area contributed by atoms with Crippen LogP contribution in [-0.2, 0) is 0 Å². The molecule has 22 heavy (non-hydrogen) atoms. The zero-order valence-electron chi connectivity index (χ0n) is 12.1. The van der Waals surface area contributed by atoms with Crippen LogP contribution in [0.15, 0.2) is 79.1 Å². The predicted octanol–water partition coefficient (Wildman–Crippen LogP) is 4.10. The minimum absolute atomic E-state index is 0.291. The summed E-state index contributed by atoms with van der Waals surface area (Å²) < 4.78 is 0. The lowest BCUT2D eigenvalue weighted by atomic mass is 9.50. The molecule has 2 heterocycles. The molecule has 5 rings (SSSR count). The van der Waals surface area contributed by atoms with Crippen LogP contribution in [0.4, 0.5) is 0 Å². The van der Waals surface area contributed by atoms with Crippen LogP contribution in [0, 0.1) is 0 Å². The molecule has 0 fully saturated rings. The molecule has 0 N–H and O–H groups in total. The second-order valence-corrected chi connectivity index (χ2v) is 5.85. The standard InChI is InChI=1S/C20H14BN/c1-2-9-17-15(7-1)16-8-3-4-10-18(16)20-19(17)11-14-22-13-6-5-12-21(20)22/h1-14H. The zero-order chi connectivity index (χ0) is 14.5. The normalized spacial score (nSPS) is 15.5. The van der Waals surface area contributed by atoms with Crippen LogP contribution in [-0.4, -0.2) is 11.7 Å². The van der Waals surface area contributed by atoms with E-state index in [1.807, 2.05) is 0 Å². The van der Waals surface area contributed by atoms with Gasteiger partial charge in [-0.2, -0.15) is 0 Å². The molecule has 0 aromatic heterocycles. The van der Waals surface area contributed by atoms with Crippen LogP contribution in [0.25, 0.3) is 27.6 Å². The fraction of sp³-hybridized carbons (Fsp3) is 0. The molecular weight excluding hydrogens is 265 g/mol. The van der Waals surface area contributed by atoms with Crippen LogP contribution >= 0.6 is 0 Å². The second-order valence-electron chi connectivity index (χ2n) is 5.85. The average Bonchev–Trinajstić information content (AvgIpc) is 2.61. The highest BCUT2D eigenvalue weighted by Gasteiger charge is 2.29. The Bertz CT molecular complexity index is 997. The summed E-state index contributed by atoms with van der Waals surface area (Å²) in [6.45, 7) is 0.291. The van der Waals surface area contributed by atoms with E-state index in [4.69, 9.17) is 0 Å². The number of nitrogens with zero attached hydrogens (tertiary/aromatic N) is 1. The number of rotatable bonds is 0. The summed E-state index contributed by atoms with van der Waals surface area (Å²) in [5.41, 5.74) is 2.77. The molecule has 0 atom stereocenters. The van der Waals surface area contributed by atoms with E-state index >= 15 is 0 Å². The van der Waals surface area contributed by atoms with Gasteiger partial charge in [0.15, 0.2) is 0 Å². The first kappa shape index (κ1) is 11.9. The van der Waals surface area contributed by atoms with Crippen molar-refractivity contribution in [2.24, 2.45) is 0 Å². The SMILES string of the molecule is C1=CB2c3c(c4ccccc4c4ccccc34)C=CN2C=C1. The van der Waals surface area contributed by atoms with E-state index in [9.17, 15) is 0 Å². The van der Waals surface area contributed by atoms with Gasteiger partial charge in [-0.25, -0.2) is 0 Å². The molecule has 2 aliphatic rings. The van der Waals surface area contributed by atoms with Gasteiger partial charge in [0.1, 0.15) is 0 Å². The average molecular weight is 279 g/mol. The third-order valence-electron chi connectivity index (χ3n) is 4.71. The van der Waals surface area contributed by atoms with Crippen molar-refractivity contribution in [1.29, 1.82) is 0 Å². The summed E-state index contributed by atoms with van der Waals surface area (Å²) in [4.78, 5) is 2.28. The summed E-state index contributed by atoms with van der Waals surface area (Å²) in [7, 11) is 0. The third kappa shape index (κ3) is 1.50. The Hall–Kier alpha value is -2.74. The van der Waals surface area contributed by atoms with E-state index in [1.54, 1.807) is 0 Å². The first-order chi connectivity index (χ1) is 10.9. The Kier molecular flexibility index (Phi) is 2.36. The number of hydrogen-bond donors (Lipinski definition) is 0. The van der Waals surface area contributed by atoms with E-state index in [0.717, 1.165) is 0 Å². The molecule has 0 aliphatic carbocycles. The van der Waals surface area contributed by atoms with Gasteiger partial charge in [0.05, 0.1) is 0 Å². The van der Waals surface area contributed by atoms with Gasteiger partial charge in [-0.15, -0.1) is 0 Å². The van der Waals surface area contributed by atoms with E-state index in [0.29, 0.717) is 6.85 Å². The fourth-order valence-corrected chi connectivity index (χ4v) is 3.75. The summed E-state index contributed by atoms with van der Waals surface area (Å²) in [5, 5.41) is 5.38. The van der Waals surface area contributed by atoms with Crippen LogP contribution in [0.1, 0.15) is 5.56 Å². The Balaban J connectivity index is 2.00. The molecule has 0 radical (unpaired) electrons. The highest BCUT2D eigenvalue weighted by Crippen LogP contribution is 2.31. The summed E-state index contributed by atoms with van der Waals surface area (Å²) >= 11 is 0. The summed E-state index contributed by atoms with van der Waals surface area (Å²) in [6, 6.07) is 17.5. The molecule has 3 aromatic rings. The maximum Gasteiger partial charge on any atom is 0.320 e. The minimum atomic E-state index is 0.291. The monoisotopic (exact) mass is 279 g/mol. The molecule has 102 valence electrons. The molecule has 0 amide bonds. The van der Waals surface area contributed by atoms with E-state index in [-0.39, 0.29) is 0 Å². The minimum Gasteiger partial charge on any atom is -0.389 e. The molecular formula is C20H14BN. The molecule has 0 bridgehead atoms. The lowest BCUT2D eigenvalue weighted by Crippen LogP contribution is -2.46. The smallest absolute Gasteiger partial charge is 0.320 e. The van der Waals surface area contributed by atoms with Crippen molar-refractivity contribution in [3.05, 3.63) is 84.6 Å².